The van der Waals surface area contributed by atoms with E-state index < -0.39 is 0 Å². The molecule has 8 heteroatoms. The molecule has 116 valence electrons. The number of aliphatic imine (C=N–C) groups is 1. The zero-order valence-electron chi connectivity index (χ0n) is 13.1. The lowest BCUT2D eigenvalue weighted by Crippen LogP contribution is -2.45. The van der Waals surface area contributed by atoms with Crippen molar-refractivity contribution in [3.05, 3.63) is 11.6 Å². The summed E-state index contributed by atoms with van der Waals surface area (Å²) in [6, 6.07) is 0.0700. The first-order valence-corrected chi connectivity index (χ1v) is 7.10. The van der Waals surface area contributed by atoms with Crippen LogP contribution in [0.1, 0.15) is 30.5 Å². The predicted molar refractivity (Wildman–Crippen MR) is 79.9 cm³/mol. The van der Waals surface area contributed by atoms with E-state index in [0.717, 1.165) is 31.0 Å². The van der Waals surface area contributed by atoms with Gasteiger partial charge in [0.2, 0.25) is 5.91 Å². The molecule has 2 heterocycles. The molecular weight excluding hydrogens is 270 g/mol. The predicted octanol–water partition coefficient (Wildman–Crippen LogP) is -0.325. The Hall–Kier alpha value is -2.12. The maximum Gasteiger partial charge on any atom is 0.241 e. The molecule has 1 aromatic heterocycles. The number of nitrogens with zero attached hydrogens (tertiary/aromatic N) is 5. The van der Waals surface area contributed by atoms with Gasteiger partial charge in [-0.25, -0.2) is 9.67 Å². The number of hydrogen-bond donors (Lipinski definition) is 2. The van der Waals surface area contributed by atoms with Crippen molar-refractivity contribution in [1.29, 1.82) is 0 Å². The molecule has 0 aliphatic carbocycles. The Bertz CT molecular complexity index is 535. The molecule has 1 aliphatic rings. The number of likely N-dealkylation sites (N-methyl/N-ethyl adjacent to an activating group) is 1. The van der Waals surface area contributed by atoms with Gasteiger partial charge in [0.15, 0.2) is 5.96 Å². The maximum absolute atomic E-state index is 11.6. The smallest absolute Gasteiger partial charge is 0.241 e. The molecule has 0 radical (unpaired) electrons. The minimum Gasteiger partial charge on any atom is -0.347 e. The normalized spacial score (nSPS) is 18.1. The highest BCUT2D eigenvalue weighted by Crippen LogP contribution is 2.22. The molecule has 21 heavy (non-hydrogen) atoms. The van der Waals surface area contributed by atoms with Gasteiger partial charge < -0.3 is 15.5 Å². The number of aromatic nitrogens is 3. The van der Waals surface area contributed by atoms with Crippen LogP contribution in [0.4, 0.5) is 0 Å². The van der Waals surface area contributed by atoms with Crippen molar-refractivity contribution < 1.29 is 4.79 Å². The number of hydrogen-bond acceptors (Lipinski definition) is 4. The second-order valence-corrected chi connectivity index (χ2v) is 5.29. The van der Waals surface area contributed by atoms with Gasteiger partial charge in [-0.3, -0.25) is 9.79 Å². The lowest BCUT2D eigenvalue weighted by Gasteiger charge is -2.25. The van der Waals surface area contributed by atoms with E-state index in [1.54, 1.807) is 26.0 Å². The number of nitrogens with one attached hydrogen (secondary N) is 2. The van der Waals surface area contributed by atoms with Gasteiger partial charge in [0.25, 0.3) is 0 Å². The van der Waals surface area contributed by atoms with E-state index in [-0.39, 0.29) is 18.5 Å². The zero-order valence-corrected chi connectivity index (χ0v) is 13.1. The summed E-state index contributed by atoms with van der Waals surface area (Å²) in [6.07, 6.45) is 2.02. The standard InChI is InChI=1S/C13H23N7O/c1-9-16-12-10(6-5-7-20(12)18-9)17-13(14-2)15-8-11(21)19(3)4/h10H,5-8H2,1-4H3,(H2,14,15,17). The first kappa shape index (κ1) is 15.3. The molecule has 0 aromatic carbocycles. The van der Waals surface area contributed by atoms with Gasteiger partial charge in [-0.15, -0.1) is 0 Å². The molecule has 0 bridgehead atoms. The number of amides is 1. The molecule has 0 spiro atoms. The molecule has 1 atom stereocenters. The van der Waals surface area contributed by atoms with Crippen molar-refractivity contribution >= 4 is 11.9 Å². The number of rotatable bonds is 3. The van der Waals surface area contributed by atoms with Crippen molar-refractivity contribution in [3.63, 3.8) is 0 Å². The highest BCUT2D eigenvalue weighted by Gasteiger charge is 2.24. The Morgan fingerprint density at radius 1 is 1.52 bits per heavy atom. The topological polar surface area (TPSA) is 87.4 Å². The zero-order chi connectivity index (χ0) is 15.4. The second kappa shape index (κ2) is 6.55. The number of guanidine groups is 1. The summed E-state index contributed by atoms with van der Waals surface area (Å²) in [4.78, 5) is 21.8. The minimum absolute atomic E-state index is 0.000561. The number of carbonyl (C=O) groups is 1. The Balaban J connectivity index is 1.98. The van der Waals surface area contributed by atoms with Crippen LogP contribution in [0.3, 0.4) is 0 Å². The van der Waals surface area contributed by atoms with Gasteiger partial charge in [0, 0.05) is 27.7 Å². The fourth-order valence-electron chi connectivity index (χ4n) is 2.28. The van der Waals surface area contributed by atoms with Gasteiger partial charge in [0.05, 0.1) is 12.6 Å². The third-order valence-electron chi connectivity index (χ3n) is 3.42. The van der Waals surface area contributed by atoms with Crippen molar-refractivity contribution in [2.45, 2.75) is 32.4 Å². The first-order chi connectivity index (χ1) is 10.0. The third-order valence-corrected chi connectivity index (χ3v) is 3.42. The maximum atomic E-state index is 11.6. The van der Waals surface area contributed by atoms with E-state index in [4.69, 9.17) is 0 Å². The Labute approximate surface area is 124 Å². The fourth-order valence-corrected chi connectivity index (χ4v) is 2.28. The van der Waals surface area contributed by atoms with Gasteiger partial charge in [-0.2, -0.15) is 5.10 Å². The van der Waals surface area contributed by atoms with Gasteiger partial charge in [-0.1, -0.05) is 0 Å². The molecule has 2 N–H and O–H groups in total. The van der Waals surface area contributed by atoms with Crippen molar-refractivity contribution in [3.8, 4) is 0 Å². The molecule has 0 saturated carbocycles. The van der Waals surface area contributed by atoms with Gasteiger partial charge in [0.1, 0.15) is 11.6 Å². The fraction of sp³-hybridized carbons (Fsp3) is 0.692. The Kier molecular flexibility index (Phi) is 4.77. The summed E-state index contributed by atoms with van der Waals surface area (Å²) >= 11 is 0. The molecular formula is C13H23N7O. The molecule has 0 fully saturated rings. The number of fused-ring (bicyclic) bond motifs is 1. The van der Waals surface area contributed by atoms with Crippen LogP contribution in [0.25, 0.3) is 0 Å². The van der Waals surface area contributed by atoms with Crippen molar-refractivity contribution in [2.75, 3.05) is 27.7 Å². The quantitative estimate of drug-likeness (QED) is 0.589. The highest BCUT2D eigenvalue weighted by molar-refractivity contribution is 5.86. The van der Waals surface area contributed by atoms with Crippen LogP contribution < -0.4 is 10.6 Å². The van der Waals surface area contributed by atoms with Crippen LogP contribution in [-0.4, -0.2) is 59.2 Å². The lowest BCUT2D eigenvalue weighted by molar-refractivity contribution is -0.127. The summed E-state index contributed by atoms with van der Waals surface area (Å²) in [5.74, 6) is 2.31. The van der Waals surface area contributed by atoms with Crippen LogP contribution in [0.15, 0.2) is 4.99 Å². The minimum atomic E-state index is 0.000561. The van der Waals surface area contributed by atoms with Crippen LogP contribution in [0.5, 0.6) is 0 Å². The molecule has 1 amide bonds. The monoisotopic (exact) mass is 293 g/mol. The highest BCUT2D eigenvalue weighted by atomic mass is 16.2. The lowest BCUT2D eigenvalue weighted by atomic mass is 10.1. The average Bonchev–Trinajstić information content (AvgIpc) is 2.83. The van der Waals surface area contributed by atoms with E-state index in [1.165, 1.54) is 0 Å². The van der Waals surface area contributed by atoms with Crippen LogP contribution >= 0.6 is 0 Å². The van der Waals surface area contributed by atoms with Gasteiger partial charge in [-0.05, 0) is 19.8 Å². The summed E-state index contributed by atoms with van der Waals surface area (Å²) in [6.45, 7) is 3.01. The second-order valence-electron chi connectivity index (χ2n) is 5.29. The molecule has 2 rings (SSSR count). The summed E-state index contributed by atoms with van der Waals surface area (Å²) < 4.78 is 1.94. The summed E-state index contributed by atoms with van der Waals surface area (Å²) in [7, 11) is 5.15. The van der Waals surface area contributed by atoms with E-state index in [1.807, 2.05) is 11.6 Å². The van der Waals surface area contributed by atoms with E-state index in [0.29, 0.717) is 5.96 Å². The van der Waals surface area contributed by atoms with Gasteiger partial charge >= 0.3 is 0 Å². The summed E-state index contributed by atoms with van der Waals surface area (Å²) in [5.41, 5.74) is 0. The molecule has 1 aromatic rings. The average molecular weight is 293 g/mol. The van der Waals surface area contributed by atoms with Crippen LogP contribution in [0.2, 0.25) is 0 Å². The third kappa shape index (κ3) is 3.71. The molecule has 8 nitrogen and oxygen atoms in total. The largest absolute Gasteiger partial charge is 0.347 e. The van der Waals surface area contributed by atoms with E-state index in [9.17, 15) is 4.79 Å². The van der Waals surface area contributed by atoms with Crippen LogP contribution in [-0.2, 0) is 11.3 Å². The first-order valence-electron chi connectivity index (χ1n) is 7.10. The van der Waals surface area contributed by atoms with E-state index in [2.05, 4.69) is 25.7 Å². The molecule has 0 saturated heterocycles. The van der Waals surface area contributed by atoms with Crippen molar-refractivity contribution in [2.24, 2.45) is 4.99 Å². The van der Waals surface area contributed by atoms with Crippen molar-refractivity contribution in [1.82, 2.24) is 30.3 Å². The summed E-state index contributed by atoms with van der Waals surface area (Å²) in [5, 5.41) is 10.7. The Morgan fingerprint density at radius 3 is 2.95 bits per heavy atom. The van der Waals surface area contributed by atoms with E-state index >= 15 is 0 Å². The van der Waals surface area contributed by atoms with Crippen LogP contribution in [0, 0.1) is 6.92 Å². The SMILES string of the molecule is CN=C(NCC(=O)N(C)C)NC1CCCn2nc(C)nc21. The molecule has 1 aliphatic heterocycles. The number of aryl methyl sites for hydroxylation is 2. The molecule has 1 unspecified atom stereocenters. The Morgan fingerprint density at radius 2 is 2.29 bits per heavy atom. The number of carbonyl (C=O) groups excluding carboxylic acids is 1.